The Morgan fingerprint density at radius 2 is 2.05 bits per heavy atom. The summed E-state index contributed by atoms with van der Waals surface area (Å²) in [7, 11) is 0. The lowest BCUT2D eigenvalue weighted by molar-refractivity contribution is 0.0988. The summed E-state index contributed by atoms with van der Waals surface area (Å²) in [4.78, 5) is 20.7. The zero-order chi connectivity index (χ0) is 13.2. The molecule has 0 atom stereocenters. The first-order valence-corrected chi connectivity index (χ1v) is 7.48. The Morgan fingerprint density at radius 3 is 2.79 bits per heavy atom. The van der Waals surface area contributed by atoms with Crippen molar-refractivity contribution in [1.82, 2.24) is 9.97 Å². The molecule has 0 aliphatic carbocycles. The van der Waals surface area contributed by atoms with Gasteiger partial charge in [-0.1, -0.05) is 12.1 Å². The van der Waals surface area contributed by atoms with Crippen molar-refractivity contribution in [2.45, 2.75) is 13.0 Å². The van der Waals surface area contributed by atoms with Crippen molar-refractivity contribution in [3.8, 4) is 0 Å². The molecule has 0 amide bonds. The van der Waals surface area contributed by atoms with Crippen LogP contribution in [-0.4, -0.2) is 15.8 Å². The maximum Gasteiger partial charge on any atom is 0.188 e. The number of rotatable bonds is 4. The minimum absolute atomic E-state index is 0.00462. The van der Waals surface area contributed by atoms with Crippen molar-refractivity contribution >= 4 is 38.7 Å². The molecule has 0 unspecified atom stereocenters. The molecule has 3 rings (SSSR count). The summed E-state index contributed by atoms with van der Waals surface area (Å²) in [5.74, 6) is -0.00462. The third kappa shape index (κ3) is 2.56. The van der Waals surface area contributed by atoms with E-state index >= 15 is 0 Å². The molecule has 0 radical (unpaired) electrons. The van der Waals surface area contributed by atoms with Gasteiger partial charge in [0.1, 0.15) is 15.7 Å². The lowest BCUT2D eigenvalue weighted by Crippen LogP contribution is -2.04. The van der Waals surface area contributed by atoms with Crippen molar-refractivity contribution in [3.05, 3.63) is 45.4 Å². The molecule has 4 nitrogen and oxygen atoms in total. The summed E-state index contributed by atoms with van der Waals surface area (Å²) in [6, 6.07) is 7.88. The standard InChI is InChI=1S/C13H11N3OS2/c14-6-13-16-9(7-18-13)10(17)5-12-15-8-3-1-2-4-11(8)19-12/h1-4,7H,5-6,14H2. The SMILES string of the molecule is NCc1nc(C(=O)Cc2nc3ccccc3s2)cs1. The van der Waals surface area contributed by atoms with Crippen LogP contribution in [0.4, 0.5) is 0 Å². The molecular formula is C13H11N3OS2. The van der Waals surface area contributed by atoms with Crippen LogP contribution in [0.5, 0.6) is 0 Å². The highest BCUT2D eigenvalue weighted by atomic mass is 32.1. The maximum atomic E-state index is 12.1. The van der Waals surface area contributed by atoms with Crippen molar-refractivity contribution in [1.29, 1.82) is 0 Å². The first-order chi connectivity index (χ1) is 9.26. The van der Waals surface area contributed by atoms with Gasteiger partial charge in [0.15, 0.2) is 5.78 Å². The van der Waals surface area contributed by atoms with Crippen LogP contribution in [0.2, 0.25) is 0 Å². The fourth-order valence-corrected chi connectivity index (χ4v) is 3.40. The van der Waals surface area contributed by atoms with Gasteiger partial charge in [-0.3, -0.25) is 4.79 Å². The molecule has 19 heavy (non-hydrogen) atoms. The van der Waals surface area contributed by atoms with Gasteiger partial charge in [-0.2, -0.15) is 0 Å². The molecule has 6 heteroatoms. The van der Waals surface area contributed by atoms with Gasteiger partial charge in [-0.05, 0) is 12.1 Å². The van der Waals surface area contributed by atoms with Crippen LogP contribution in [0.1, 0.15) is 20.5 Å². The molecule has 0 aliphatic rings. The average Bonchev–Trinajstić information content (AvgIpc) is 3.04. The van der Waals surface area contributed by atoms with Gasteiger partial charge in [0.05, 0.1) is 16.6 Å². The van der Waals surface area contributed by atoms with Crippen LogP contribution in [0.3, 0.4) is 0 Å². The zero-order valence-corrected chi connectivity index (χ0v) is 11.6. The van der Waals surface area contributed by atoms with E-state index in [-0.39, 0.29) is 5.78 Å². The number of nitrogens with two attached hydrogens (primary N) is 1. The van der Waals surface area contributed by atoms with Crippen molar-refractivity contribution in [3.63, 3.8) is 0 Å². The number of hydrogen-bond acceptors (Lipinski definition) is 6. The van der Waals surface area contributed by atoms with E-state index < -0.39 is 0 Å². The van der Waals surface area contributed by atoms with E-state index in [2.05, 4.69) is 9.97 Å². The van der Waals surface area contributed by atoms with Gasteiger partial charge in [0.2, 0.25) is 0 Å². The number of carbonyl (C=O) groups is 1. The molecule has 0 fully saturated rings. The third-order valence-corrected chi connectivity index (χ3v) is 4.57. The highest BCUT2D eigenvalue weighted by Crippen LogP contribution is 2.22. The molecule has 2 N–H and O–H groups in total. The molecule has 1 aromatic carbocycles. The molecule has 0 spiro atoms. The van der Waals surface area contributed by atoms with Crippen LogP contribution in [0, 0.1) is 0 Å². The molecule has 0 aliphatic heterocycles. The first kappa shape index (κ1) is 12.4. The Kier molecular flexibility index (Phi) is 3.37. The van der Waals surface area contributed by atoms with Crippen LogP contribution in [0.25, 0.3) is 10.2 Å². The fourth-order valence-electron chi connectivity index (χ4n) is 1.76. The summed E-state index contributed by atoms with van der Waals surface area (Å²) in [6.07, 6.45) is 0.299. The first-order valence-electron chi connectivity index (χ1n) is 5.78. The number of hydrogen-bond donors (Lipinski definition) is 1. The molecule has 3 aromatic rings. The van der Waals surface area contributed by atoms with Gasteiger partial charge >= 0.3 is 0 Å². The number of benzene rings is 1. The number of thiazole rings is 2. The third-order valence-electron chi connectivity index (χ3n) is 2.66. The molecule has 0 bridgehead atoms. The molecular weight excluding hydrogens is 278 g/mol. The largest absolute Gasteiger partial charge is 0.325 e. The van der Waals surface area contributed by atoms with Gasteiger partial charge in [0, 0.05) is 11.9 Å². The number of fused-ring (bicyclic) bond motifs is 1. The summed E-state index contributed by atoms with van der Waals surface area (Å²) >= 11 is 2.97. The topological polar surface area (TPSA) is 68.9 Å². The van der Waals surface area contributed by atoms with Crippen LogP contribution in [0.15, 0.2) is 29.6 Å². The normalized spacial score (nSPS) is 11.0. The van der Waals surface area contributed by atoms with E-state index in [4.69, 9.17) is 5.73 Å². The number of carbonyl (C=O) groups excluding carboxylic acids is 1. The monoisotopic (exact) mass is 289 g/mol. The smallest absolute Gasteiger partial charge is 0.188 e. The van der Waals surface area contributed by atoms with Crippen LogP contribution < -0.4 is 5.73 Å². The molecule has 96 valence electrons. The van der Waals surface area contributed by atoms with Crippen molar-refractivity contribution in [2.24, 2.45) is 5.73 Å². The van der Waals surface area contributed by atoms with E-state index in [1.165, 1.54) is 11.3 Å². The number of Topliss-reactive ketones (excluding diaryl/α,β-unsaturated/α-hetero) is 1. The number of aromatic nitrogens is 2. The summed E-state index contributed by atoms with van der Waals surface area (Å²) in [5.41, 5.74) is 6.92. The van der Waals surface area contributed by atoms with Crippen molar-refractivity contribution < 1.29 is 4.79 Å². The van der Waals surface area contributed by atoms with Crippen molar-refractivity contribution in [2.75, 3.05) is 0 Å². The van der Waals surface area contributed by atoms with Gasteiger partial charge in [0.25, 0.3) is 0 Å². The van der Waals surface area contributed by atoms with E-state index in [0.717, 1.165) is 20.2 Å². The lowest BCUT2D eigenvalue weighted by Gasteiger charge is -1.92. The number of nitrogens with zero attached hydrogens (tertiary/aromatic N) is 2. The molecule has 2 heterocycles. The second-order valence-electron chi connectivity index (χ2n) is 4.01. The van der Waals surface area contributed by atoms with E-state index in [1.807, 2.05) is 24.3 Å². The Hall–Kier alpha value is -1.63. The Morgan fingerprint density at radius 1 is 1.21 bits per heavy atom. The van der Waals surface area contributed by atoms with Gasteiger partial charge in [-0.25, -0.2) is 9.97 Å². The molecule has 0 saturated heterocycles. The summed E-state index contributed by atoms with van der Waals surface area (Å²) in [5, 5.41) is 3.37. The Labute approximate surface area is 117 Å². The lowest BCUT2D eigenvalue weighted by atomic mass is 10.2. The number of ketones is 1. The Balaban J connectivity index is 1.82. The molecule has 2 aromatic heterocycles. The quantitative estimate of drug-likeness (QED) is 0.750. The Bertz CT molecular complexity index is 699. The van der Waals surface area contributed by atoms with E-state index in [0.29, 0.717) is 18.7 Å². The summed E-state index contributed by atoms with van der Waals surface area (Å²) < 4.78 is 1.10. The zero-order valence-electron chi connectivity index (χ0n) is 10.00. The van der Waals surface area contributed by atoms with Crippen LogP contribution in [-0.2, 0) is 13.0 Å². The second-order valence-corrected chi connectivity index (χ2v) is 6.06. The van der Waals surface area contributed by atoms with Gasteiger partial charge < -0.3 is 5.73 Å². The minimum atomic E-state index is -0.00462. The van der Waals surface area contributed by atoms with E-state index in [1.54, 1.807) is 16.7 Å². The van der Waals surface area contributed by atoms with Crippen LogP contribution >= 0.6 is 22.7 Å². The number of para-hydroxylation sites is 1. The highest BCUT2D eigenvalue weighted by molar-refractivity contribution is 7.18. The second kappa shape index (κ2) is 5.16. The maximum absolute atomic E-state index is 12.1. The minimum Gasteiger partial charge on any atom is -0.325 e. The highest BCUT2D eigenvalue weighted by Gasteiger charge is 2.13. The molecule has 0 saturated carbocycles. The predicted octanol–water partition coefficient (Wildman–Crippen LogP) is 2.64. The fraction of sp³-hybridized carbons (Fsp3) is 0.154. The predicted molar refractivity (Wildman–Crippen MR) is 77.7 cm³/mol. The van der Waals surface area contributed by atoms with Gasteiger partial charge in [-0.15, -0.1) is 22.7 Å². The van der Waals surface area contributed by atoms with E-state index in [9.17, 15) is 4.79 Å². The summed E-state index contributed by atoms with van der Waals surface area (Å²) in [6.45, 7) is 0.374. The average molecular weight is 289 g/mol.